The molecule has 0 atom stereocenters. The van der Waals surface area contributed by atoms with Crippen molar-refractivity contribution in [2.75, 3.05) is 0 Å². The van der Waals surface area contributed by atoms with Crippen LogP contribution < -0.4 is 0 Å². The zero-order valence-corrected chi connectivity index (χ0v) is 11.0. The highest BCUT2D eigenvalue weighted by atomic mass is 19.4. The molecule has 2 nitrogen and oxygen atoms in total. The van der Waals surface area contributed by atoms with Crippen LogP contribution in [0, 0.1) is 20.8 Å². The van der Waals surface area contributed by atoms with Gasteiger partial charge in [0.2, 0.25) is 0 Å². The molecule has 1 heterocycles. The fourth-order valence-electron chi connectivity index (χ4n) is 2.22. The van der Waals surface area contributed by atoms with Gasteiger partial charge in [-0.15, -0.1) is 0 Å². The Balaban J connectivity index is 2.30. The van der Waals surface area contributed by atoms with Gasteiger partial charge in [0, 0.05) is 6.20 Å². The van der Waals surface area contributed by atoms with Crippen LogP contribution in [0.25, 0.3) is 0 Å². The first-order valence-electron chi connectivity index (χ1n) is 5.95. The van der Waals surface area contributed by atoms with E-state index in [1.165, 1.54) is 10.9 Å². The van der Waals surface area contributed by atoms with Crippen molar-refractivity contribution in [2.45, 2.75) is 33.5 Å². The van der Waals surface area contributed by atoms with E-state index >= 15 is 0 Å². The van der Waals surface area contributed by atoms with Crippen LogP contribution in [0.2, 0.25) is 0 Å². The molecule has 0 amide bonds. The van der Waals surface area contributed by atoms with Gasteiger partial charge in [0.15, 0.2) is 5.69 Å². The number of hydrogen-bond acceptors (Lipinski definition) is 1. The molecule has 2 rings (SSSR count). The van der Waals surface area contributed by atoms with Crippen LogP contribution >= 0.6 is 0 Å². The average Bonchev–Trinajstić information content (AvgIpc) is 2.71. The van der Waals surface area contributed by atoms with Crippen molar-refractivity contribution >= 4 is 0 Å². The molecular formula is C14H15F3N2. The predicted molar refractivity (Wildman–Crippen MR) is 67.0 cm³/mol. The largest absolute Gasteiger partial charge is 0.435 e. The number of aromatic nitrogens is 2. The molecule has 5 heteroatoms. The van der Waals surface area contributed by atoms with Crippen molar-refractivity contribution in [1.29, 1.82) is 0 Å². The summed E-state index contributed by atoms with van der Waals surface area (Å²) in [6.45, 7) is 6.28. The van der Waals surface area contributed by atoms with E-state index in [1.54, 1.807) is 0 Å². The second-order valence-corrected chi connectivity index (χ2v) is 4.77. The fraction of sp³-hybridized carbons (Fsp3) is 0.357. The summed E-state index contributed by atoms with van der Waals surface area (Å²) in [5.74, 6) is 0. The summed E-state index contributed by atoms with van der Waals surface area (Å²) < 4.78 is 38.8. The van der Waals surface area contributed by atoms with Crippen LogP contribution in [0.4, 0.5) is 13.2 Å². The van der Waals surface area contributed by atoms with Crippen LogP contribution in [0.5, 0.6) is 0 Å². The van der Waals surface area contributed by atoms with E-state index in [1.807, 2.05) is 32.9 Å². The molecule has 0 fully saturated rings. The van der Waals surface area contributed by atoms with E-state index in [2.05, 4.69) is 5.10 Å². The molecular weight excluding hydrogens is 253 g/mol. The van der Waals surface area contributed by atoms with E-state index < -0.39 is 11.9 Å². The molecule has 0 saturated heterocycles. The van der Waals surface area contributed by atoms with Crippen molar-refractivity contribution < 1.29 is 13.2 Å². The van der Waals surface area contributed by atoms with E-state index in [4.69, 9.17) is 0 Å². The maximum absolute atomic E-state index is 12.5. The Labute approximate surface area is 109 Å². The van der Waals surface area contributed by atoms with Crippen LogP contribution in [0.1, 0.15) is 27.9 Å². The van der Waals surface area contributed by atoms with Gasteiger partial charge in [0.1, 0.15) is 0 Å². The number of benzene rings is 1. The summed E-state index contributed by atoms with van der Waals surface area (Å²) in [6.07, 6.45) is -3.02. The van der Waals surface area contributed by atoms with Crippen molar-refractivity contribution in [3.05, 3.63) is 52.3 Å². The maximum Gasteiger partial charge on any atom is 0.435 e. The van der Waals surface area contributed by atoms with E-state index in [0.717, 1.165) is 28.3 Å². The summed E-state index contributed by atoms with van der Waals surface area (Å²) in [4.78, 5) is 0. The first kappa shape index (κ1) is 13.6. The number of hydrogen-bond donors (Lipinski definition) is 0. The van der Waals surface area contributed by atoms with Crippen LogP contribution in [0.3, 0.4) is 0 Å². The van der Waals surface area contributed by atoms with Gasteiger partial charge in [-0.1, -0.05) is 17.7 Å². The number of nitrogens with zero attached hydrogens (tertiary/aromatic N) is 2. The minimum absolute atomic E-state index is 0.355. The van der Waals surface area contributed by atoms with Crippen LogP contribution in [-0.4, -0.2) is 9.78 Å². The van der Waals surface area contributed by atoms with Crippen LogP contribution in [0.15, 0.2) is 24.4 Å². The van der Waals surface area contributed by atoms with Gasteiger partial charge in [0.25, 0.3) is 0 Å². The molecule has 0 aliphatic heterocycles. The Kier molecular flexibility index (Phi) is 3.39. The number of aryl methyl sites for hydroxylation is 3. The normalized spacial score (nSPS) is 11.9. The quantitative estimate of drug-likeness (QED) is 0.808. The van der Waals surface area contributed by atoms with Crippen molar-refractivity contribution in [2.24, 2.45) is 0 Å². The van der Waals surface area contributed by atoms with Gasteiger partial charge in [-0.2, -0.15) is 18.3 Å². The lowest BCUT2D eigenvalue weighted by Crippen LogP contribution is -2.09. The Hall–Kier alpha value is -1.78. The smallest absolute Gasteiger partial charge is 0.268 e. The Morgan fingerprint density at radius 1 is 1.11 bits per heavy atom. The Morgan fingerprint density at radius 2 is 1.68 bits per heavy atom. The maximum atomic E-state index is 12.5. The molecule has 2 aromatic rings. The third kappa shape index (κ3) is 2.97. The minimum atomic E-state index is -4.39. The van der Waals surface area contributed by atoms with Gasteiger partial charge in [-0.3, -0.25) is 4.68 Å². The minimum Gasteiger partial charge on any atom is -0.268 e. The zero-order chi connectivity index (χ0) is 14.2. The molecule has 0 saturated carbocycles. The fourth-order valence-corrected chi connectivity index (χ4v) is 2.22. The predicted octanol–water partition coefficient (Wildman–Crippen LogP) is 3.88. The summed E-state index contributed by atoms with van der Waals surface area (Å²) in [5.41, 5.74) is 3.45. The summed E-state index contributed by atoms with van der Waals surface area (Å²) >= 11 is 0. The highest BCUT2D eigenvalue weighted by Crippen LogP contribution is 2.27. The third-order valence-electron chi connectivity index (χ3n) is 3.09. The zero-order valence-electron chi connectivity index (χ0n) is 11.0. The van der Waals surface area contributed by atoms with E-state index in [0.29, 0.717) is 6.54 Å². The molecule has 0 radical (unpaired) electrons. The molecule has 1 aromatic heterocycles. The molecule has 0 aliphatic carbocycles. The van der Waals surface area contributed by atoms with Crippen LogP contribution in [-0.2, 0) is 12.7 Å². The molecule has 102 valence electrons. The number of halogens is 3. The second-order valence-electron chi connectivity index (χ2n) is 4.77. The lowest BCUT2D eigenvalue weighted by Gasteiger charge is -2.11. The monoisotopic (exact) mass is 268 g/mol. The van der Waals surface area contributed by atoms with Gasteiger partial charge >= 0.3 is 6.18 Å². The third-order valence-corrected chi connectivity index (χ3v) is 3.09. The van der Waals surface area contributed by atoms with Gasteiger partial charge in [-0.25, -0.2) is 0 Å². The van der Waals surface area contributed by atoms with Gasteiger partial charge < -0.3 is 0 Å². The molecule has 0 N–H and O–H groups in total. The summed E-state index contributed by atoms with van der Waals surface area (Å²) in [5, 5.41) is 3.57. The lowest BCUT2D eigenvalue weighted by atomic mass is 10.00. The summed E-state index contributed by atoms with van der Waals surface area (Å²) in [7, 11) is 0. The van der Waals surface area contributed by atoms with E-state index in [9.17, 15) is 13.2 Å². The van der Waals surface area contributed by atoms with Gasteiger partial charge in [0.05, 0.1) is 6.54 Å². The van der Waals surface area contributed by atoms with Crippen molar-refractivity contribution in [3.8, 4) is 0 Å². The Bertz CT molecular complexity index is 574. The summed E-state index contributed by atoms with van der Waals surface area (Å²) in [6, 6.07) is 5.05. The standard InChI is InChI=1S/C14H15F3N2/c1-9-6-10(2)12(11(3)7-9)8-19-5-4-13(18-19)14(15,16)17/h4-7H,8H2,1-3H3. The second kappa shape index (κ2) is 4.72. The molecule has 0 unspecified atom stereocenters. The SMILES string of the molecule is Cc1cc(C)c(Cn2ccc(C(F)(F)F)n2)c(C)c1. The highest BCUT2D eigenvalue weighted by Gasteiger charge is 2.33. The topological polar surface area (TPSA) is 17.8 Å². The highest BCUT2D eigenvalue weighted by molar-refractivity contribution is 5.37. The van der Waals surface area contributed by atoms with Crippen molar-refractivity contribution in [1.82, 2.24) is 9.78 Å². The lowest BCUT2D eigenvalue weighted by molar-refractivity contribution is -0.141. The average molecular weight is 268 g/mol. The molecule has 1 aromatic carbocycles. The first-order valence-corrected chi connectivity index (χ1v) is 5.95. The first-order chi connectivity index (χ1) is 8.77. The van der Waals surface area contributed by atoms with Crippen molar-refractivity contribution in [3.63, 3.8) is 0 Å². The van der Waals surface area contributed by atoms with E-state index in [-0.39, 0.29) is 0 Å². The molecule has 0 bridgehead atoms. The Morgan fingerprint density at radius 3 is 2.16 bits per heavy atom. The molecule has 19 heavy (non-hydrogen) atoms. The molecule has 0 aliphatic rings. The van der Waals surface area contributed by atoms with Gasteiger partial charge in [-0.05, 0) is 43.5 Å². The number of alkyl halides is 3. The molecule has 0 spiro atoms. The number of rotatable bonds is 2.